The summed E-state index contributed by atoms with van der Waals surface area (Å²) < 4.78 is 31.6. The van der Waals surface area contributed by atoms with Crippen molar-refractivity contribution in [3.63, 3.8) is 0 Å². The summed E-state index contributed by atoms with van der Waals surface area (Å²) in [4.78, 5) is 0. The van der Waals surface area contributed by atoms with Crippen LogP contribution in [-0.4, -0.2) is 6.61 Å². The van der Waals surface area contributed by atoms with Gasteiger partial charge in [0.15, 0.2) is 11.6 Å². The highest BCUT2D eigenvalue weighted by atomic mass is 19.2. The minimum Gasteiger partial charge on any atom is -0.372 e. The highest BCUT2D eigenvalue weighted by Gasteiger charge is 2.32. The summed E-state index contributed by atoms with van der Waals surface area (Å²) in [6.07, 6.45) is -0.0670. The lowest BCUT2D eigenvalue weighted by molar-refractivity contribution is 0.0970. The summed E-state index contributed by atoms with van der Waals surface area (Å²) >= 11 is 0. The molecule has 0 saturated carbocycles. The lowest BCUT2D eigenvalue weighted by atomic mass is 9.96. The number of hydrogen-bond donors (Lipinski definition) is 0. The van der Waals surface area contributed by atoms with Gasteiger partial charge in [-0.3, -0.25) is 0 Å². The molecule has 0 radical (unpaired) electrons. The molecule has 2 atom stereocenters. The van der Waals surface area contributed by atoms with Crippen LogP contribution in [0.25, 0.3) is 0 Å². The predicted octanol–water partition coefficient (Wildman–Crippen LogP) is 2.57. The summed E-state index contributed by atoms with van der Waals surface area (Å²) in [5.74, 6) is -2.20. The van der Waals surface area contributed by atoms with Crippen LogP contribution in [0, 0.1) is 28.9 Å². The molecule has 2 unspecified atom stereocenters. The molecule has 1 aromatic rings. The van der Waals surface area contributed by atoms with Gasteiger partial charge < -0.3 is 4.74 Å². The van der Waals surface area contributed by atoms with Gasteiger partial charge in [-0.2, -0.15) is 5.26 Å². The molecule has 1 aliphatic rings. The molecule has 0 bridgehead atoms. The third-order valence-electron chi connectivity index (χ3n) is 2.55. The van der Waals surface area contributed by atoms with Gasteiger partial charge in [0.2, 0.25) is 0 Å². The van der Waals surface area contributed by atoms with Crippen LogP contribution >= 0.6 is 0 Å². The third-order valence-corrected chi connectivity index (χ3v) is 2.55. The number of rotatable bonds is 1. The average Bonchev–Trinajstić information content (AvgIpc) is 2.70. The topological polar surface area (TPSA) is 33.0 Å². The molecule has 1 aliphatic heterocycles. The number of nitriles is 1. The highest BCUT2D eigenvalue weighted by molar-refractivity contribution is 5.24. The lowest BCUT2D eigenvalue weighted by Crippen LogP contribution is -2.08. The number of ether oxygens (including phenoxy) is 1. The fourth-order valence-corrected chi connectivity index (χ4v) is 1.77. The van der Waals surface area contributed by atoms with Crippen LogP contribution in [0.1, 0.15) is 18.1 Å². The van der Waals surface area contributed by atoms with Crippen LogP contribution in [0.2, 0.25) is 0 Å². The monoisotopic (exact) mass is 209 g/mol. The van der Waals surface area contributed by atoms with E-state index in [0.29, 0.717) is 13.0 Å². The Morgan fingerprint density at radius 2 is 2.20 bits per heavy atom. The summed E-state index contributed by atoms with van der Waals surface area (Å²) in [6, 6.07) is 5.97. The Labute approximate surface area is 86.1 Å². The van der Waals surface area contributed by atoms with Crippen molar-refractivity contribution in [1.82, 2.24) is 0 Å². The van der Waals surface area contributed by atoms with Crippen molar-refractivity contribution in [3.05, 3.63) is 35.4 Å². The zero-order valence-corrected chi connectivity index (χ0v) is 7.91. The second-order valence-corrected chi connectivity index (χ2v) is 3.46. The molecule has 4 heteroatoms. The van der Waals surface area contributed by atoms with E-state index in [1.165, 1.54) is 12.1 Å². The molecule has 0 aromatic heterocycles. The Morgan fingerprint density at radius 3 is 2.93 bits per heavy atom. The Morgan fingerprint density at radius 1 is 1.40 bits per heavy atom. The zero-order chi connectivity index (χ0) is 10.8. The zero-order valence-electron chi connectivity index (χ0n) is 7.91. The summed E-state index contributed by atoms with van der Waals surface area (Å²) in [7, 11) is 0. The van der Waals surface area contributed by atoms with Gasteiger partial charge in [0.1, 0.15) is 6.10 Å². The normalized spacial score (nSPS) is 25.1. The van der Waals surface area contributed by atoms with Gasteiger partial charge in [-0.15, -0.1) is 0 Å². The average molecular weight is 209 g/mol. The number of halogens is 2. The molecule has 0 N–H and O–H groups in total. The lowest BCUT2D eigenvalue weighted by Gasteiger charge is -2.13. The first-order valence-corrected chi connectivity index (χ1v) is 4.69. The van der Waals surface area contributed by atoms with Crippen molar-refractivity contribution in [2.24, 2.45) is 5.92 Å². The molecule has 1 aromatic carbocycles. The van der Waals surface area contributed by atoms with Gasteiger partial charge in [0.05, 0.1) is 12.0 Å². The van der Waals surface area contributed by atoms with Crippen molar-refractivity contribution >= 4 is 0 Å². The van der Waals surface area contributed by atoms with Gasteiger partial charge in [0, 0.05) is 12.2 Å². The molecule has 1 saturated heterocycles. The second kappa shape index (κ2) is 3.95. The summed E-state index contributed by atoms with van der Waals surface area (Å²) in [5, 5.41) is 8.81. The van der Waals surface area contributed by atoms with E-state index >= 15 is 0 Å². The van der Waals surface area contributed by atoms with Gasteiger partial charge in [-0.05, 0) is 12.5 Å². The predicted molar refractivity (Wildman–Crippen MR) is 48.8 cm³/mol. The molecule has 15 heavy (non-hydrogen) atoms. The Hall–Kier alpha value is -1.47. The van der Waals surface area contributed by atoms with E-state index in [2.05, 4.69) is 0 Å². The minimum atomic E-state index is -0.912. The van der Waals surface area contributed by atoms with Crippen molar-refractivity contribution < 1.29 is 13.5 Å². The third kappa shape index (κ3) is 1.71. The van der Waals surface area contributed by atoms with Crippen LogP contribution < -0.4 is 0 Å². The van der Waals surface area contributed by atoms with Crippen LogP contribution in [0.4, 0.5) is 8.78 Å². The maximum absolute atomic E-state index is 13.4. The smallest absolute Gasteiger partial charge is 0.164 e. The van der Waals surface area contributed by atoms with E-state index in [-0.39, 0.29) is 11.5 Å². The first kappa shape index (κ1) is 10.1. The quantitative estimate of drug-likeness (QED) is 0.712. The van der Waals surface area contributed by atoms with Crippen LogP contribution in [0.3, 0.4) is 0 Å². The maximum Gasteiger partial charge on any atom is 0.164 e. The fourth-order valence-electron chi connectivity index (χ4n) is 1.77. The van der Waals surface area contributed by atoms with Gasteiger partial charge in [-0.25, -0.2) is 8.78 Å². The van der Waals surface area contributed by atoms with Gasteiger partial charge in [0.25, 0.3) is 0 Å². The van der Waals surface area contributed by atoms with Crippen LogP contribution in [0.15, 0.2) is 18.2 Å². The van der Waals surface area contributed by atoms with E-state index in [4.69, 9.17) is 10.00 Å². The first-order chi connectivity index (χ1) is 7.24. The maximum atomic E-state index is 13.4. The largest absolute Gasteiger partial charge is 0.372 e. The number of benzene rings is 1. The molecule has 0 spiro atoms. The van der Waals surface area contributed by atoms with E-state index < -0.39 is 17.7 Å². The van der Waals surface area contributed by atoms with Crippen LogP contribution in [-0.2, 0) is 4.74 Å². The van der Waals surface area contributed by atoms with Crippen LogP contribution in [0.5, 0.6) is 0 Å². The van der Waals surface area contributed by atoms with E-state index in [9.17, 15) is 8.78 Å². The Bertz CT molecular complexity index is 414. The SMILES string of the molecule is N#CC1CCOC1c1cccc(F)c1F. The summed E-state index contributed by atoms with van der Waals surface area (Å²) in [5.41, 5.74) is 0.138. The Kier molecular flexibility index (Phi) is 2.65. The van der Waals surface area contributed by atoms with E-state index in [0.717, 1.165) is 6.07 Å². The molecule has 2 nitrogen and oxygen atoms in total. The second-order valence-electron chi connectivity index (χ2n) is 3.46. The van der Waals surface area contributed by atoms with E-state index in [1.54, 1.807) is 0 Å². The molecule has 0 amide bonds. The first-order valence-electron chi connectivity index (χ1n) is 4.69. The van der Waals surface area contributed by atoms with Gasteiger partial charge in [-0.1, -0.05) is 12.1 Å². The van der Waals surface area contributed by atoms with Crippen molar-refractivity contribution in [2.75, 3.05) is 6.61 Å². The molecule has 1 fully saturated rings. The minimum absolute atomic E-state index is 0.138. The number of hydrogen-bond acceptors (Lipinski definition) is 2. The van der Waals surface area contributed by atoms with Crippen molar-refractivity contribution in [3.8, 4) is 6.07 Å². The molecule has 0 aliphatic carbocycles. The molecule has 78 valence electrons. The van der Waals surface area contributed by atoms with Crippen molar-refractivity contribution in [2.45, 2.75) is 12.5 Å². The van der Waals surface area contributed by atoms with Gasteiger partial charge >= 0.3 is 0 Å². The Balaban J connectivity index is 2.37. The van der Waals surface area contributed by atoms with Crippen molar-refractivity contribution in [1.29, 1.82) is 5.26 Å². The molecular weight excluding hydrogens is 200 g/mol. The standard InChI is InChI=1S/C11H9F2NO/c12-9-3-1-2-8(10(9)13)11-7(6-14)4-5-15-11/h1-3,7,11H,4-5H2. The highest BCUT2D eigenvalue weighted by Crippen LogP contribution is 2.35. The van der Waals surface area contributed by atoms with E-state index in [1.807, 2.05) is 6.07 Å². The fraction of sp³-hybridized carbons (Fsp3) is 0.364. The number of nitrogens with zero attached hydrogens (tertiary/aromatic N) is 1. The molecule has 2 rings (SSSR count). The molecular formula is C11H9F2NO. The summed E-state index contributed by atoms with van der Waals surface area (Å²) in [6.45, 7) is 0.416. The molecule has 1 heterocycles.